The van der Waals surface area contributed by atoms with Gasteiger partial charge < -0.3 is 5.73 Å². The van der Waals surface area contributed by atoms with Crippen LogP contribution in [-0.2, 0) is 4.79 Å². The summed E-state index contributed by atoms with van der Waals surface area (Å²) < 4.78 is 0. The van der Waals surface area contributed by atoms with Gasteiger partial charge in [0.1, 0.15) is 5.78 Å². The quantitative estimate of drug-likeness (QED) is 0.547. The molecule has 0 aromatic carbocycles. The van der Waals surface area contributed by atoms with E-state index in [1.165, 1.54) is 0 Å². The molecule has 2 unspecified atom stereocenters. The zero-order chi connectivity index (χ0) is 10.6. The summed E-state index contributed by atoms with van der Waals surface area (Å²) in [5.41, 5.74) is 5.69. The lowest BCUT2D eigenvalue weighted by atomic mass is 9.79. The zero-order valence-electron chi connectivity index (χ0n) is 8.88. The van der Waals surface area contributed by atoms with Crippen LogP contribution in [0.2, 0.25) is 0 Å². The number of unbranched alkanes of at least 4 members (excludes halogenated alkanes) is 1. The molecule has 2 nitrogen and oxygen atoms in total. The van der Waals surface area contributed by atoms with Gasteiger partial charge in [0.15, 0.2) is 0 Å². The van der Waals surface area contributed by atoms with Gasteiger partial charge in [-0.3, -0.25) is 4.79 Å². The van der Waals surface area contributed by atoms with E-state index in [0.717, 1.165) is 25.7 Å². The highest BCUT2D eigenvalue weighted by molar-refractivity contribution is 5.85. The Bertz CT molecular complexity index is 254. The molecule has 0 bridgehead atoms. The highest BCUT2D eigenvalue weighted by atomic mass is 16.1. The highest BCUT2D eigenvalue weighted by Gasteiger charge is 2.41. The second-order valence-electron chi connectivity index (χ2n) is 4.40. The van der Waals surface area contributed by atoms with Crippen molar-refractivity contribution in [1.82, 2.24) is 0 Å². The van der Waals surface area contributed by atoms with E-state index in [0.29, 0.717) is 18.6 Å². The summed E-state index contributed by atoms with van der Waals surface area (Å²) in [6.45, 7) is 2.00. The Morgan fingerprint density at radius 2 is 2.43 bits per heavy atom. The number of rotatable bonds is 4. The second kappa shape index (κ2) is 4.61. The Hall–Kier alpha value is -0.810. The first-order chi connectivity index (χ1) is 6.61. The Kier molecular flexibility index (Phi) is 3.71. The minimum Gasteiger partial charge on any atom is -0.327 e. The van der Waals surface area contributed by atoms with E-state index in [2.05, 4.69) is 5.92 Å². The first-order valence-corrected chi connectivity index (χ1v) is 5.33. The van der Waals surface area contributed by atoms with Crippen molar-refractivity contribution >= 4 is 5.78 Å². The summed E-state index contributed by atoms with van der Waals surface area (Å²) in [6, 6.07) is 0.0563. The minimum absolute atomic E-state index is 0.0563. The lowest BCUT2D eigenvalue weighted by Gasteiger charge is -2.27. The molecule has 1 saturated carbocycles. The maximum absolute atomic E-state index is 11.9. The predicted octanol–water partition coefficient (Wildman–Crippen LogP) is 1.88. The van der Waals surface area contributed by atoms with E-state index < -0.39 is 0 Å². The highest BCUT2D eigenvalue weighted by Crippen LogP contribution is 2.38. The molecule has 78 valence electrons. The number of terminal acetylenes is 1. The molecule has 0 heterocycles. The molecule has 2 N–H and O–H groups in total. The molecule has 2 heteroatoms. The Morgan fingerprint density at radius 3 is 2.93 bits per heavy atom. The third kappa shape index (κ3) is 2.16. The number of Topliss-reactive ketones (excluding diaryl/α,β-unsaturated/α-hetero) is 1. The summed E-state index contributed by atoms with van der Waals surface area (Å²) in [7, 11) is 0. The Labute approximate surface area is 86.2 Å². The van der Waals surface area contributed by atoms with Gasteiger partial charge >= 0.3 is 0 Å². The molecular weight excluding hydrogens is 174 g/mol. The summed E-state index contributed by atoms with van der Waals surface area (Å²) in [5.74, 6) is 2.86. The lowest BCUT2D eigenvalue weighted by molar-refractivity contribution is -0.128. The van der Waals surface area contributed by atoms with Crippen molar-refractivity contribution in [3.05, 3.63) is 0 Å². The van der Waals surface area contributed by atoms with Crippen LogP contribution in [0.15, 0.2) is 0 Å². The van der Waals surface area contributed by atoms with E-state index in [1.807, 2.05) is 6.92 Å². The predicted molar refractivity (Wildman–Crippen MR) is 57.6 cm³/mol. The van der Waals surface area contributed by atoms with Gasteiger partial charge in [-0.05, 0) is 19.3 Å². The second-order valence-corrected chi connectivity index (χ2v) is 4.40. The smallest absolute Gasteiger partial charge is 0.140 e. The van der Waals surface area contributed by atoms with Crippen molar-refractivity contribution in [3.8, 4) is 12.3 Å². The fourth-order valence-corrected chi connectivity index (χ4v) is 2.18. The van der Waals surface area contributed by atoms with Crippen LogP contribution in [0, 0.1) is 17.8 Å². The zero-order valence-corrected chi connectivity index (χ0v) is 8.88. The monoisotopic (exact) mass is 193 g/mol. The molecule has 1 aliphatic carbocycles. The van der Waals surface area contributed by atoms with E-state index in [-0.39, 0.29) is 11.5 Å². The average molecular weight is 193 g/mol. The van der Waals surface area contributed by atoms with Crippen LogP contribution in [0.1, 0.15) is 45.4 Å². The Morgan fingerprint density at radius 1 is 1.71 bits per heavy atom. The normalized spacial score (nSPS) is 31.4. The molecule has 1 aliphatic rings. The number of hydrogen-bond acceptors (Lipinski definition) is 2. The number of carbonyl (C=O) groups excluding carboxylic acids is 1. The van der Waals surface area contributed by atoms with Crippen LogP contribution in [0.4, 0.5) is 0 Å². The molecule has 2 atom stereocenters. The molecule has 0 amide bonds. The summed E-state index contributed by atoms with van der Waals surface area (Å²) in [4.78, 5) is 11.9. The molecule has 0 spiro atoms. The van der Waals surface area contributed by atoms with Gasteiger partial charge in [0.2, 0.25) is 0 Å². The van der Waals surface area contributed by atoms with Gasteiger partial charge in [-0.15, -0.1) is 12.3 Å². The van der Waals surface area contributed by atoms with E-state index in [9.17, 15) is 4.79 Å². The van der Waals surface area contributed by atoms with Gasteiger partial charge in [-0.1, -0.05) is 13.3 Å². The van der Waals surface area contributed by atoms with Gasteiger partial charge in [-0.2, -0.15) is 0 Å². The van der Waals surface area contributed by atoms with E-state index in [1.54, 1.807) is 0 Å². The molecule has 0 aromatic heterocycles. The van der Waals surface area contributed by atoms with E-state index in [4.69, 9.17) is 12.2 Å². The average Bonchev–Trinajstić information content (AvgIpc) is 2.49. The van der Waals surface area contributed by atoms with Crippen LogP contribution in [-0.4, -0.2) is 11.8 Å². The van der Waals surface area contributed by atoms with E-state index >= 15 is 0 Å². The summed E-state index contributed by atoms with van der Waals surface area (Å²) in [5, 5.41) is 0. The Balaban J connectivity index is 2.47. The number of hydrogen-bond donors (Lipinski definition) is 1. The molecule has 0 radical (unpaired) electrons. The fourth-order valence-electron chi connectivity index (χ4n) is 2.18. The van der Waals surface area contributed by atoms with Crippen molar-refractivity contribution < 1.29 is 4.79 Å². The SMILES string of the molecule is C#CCCCC(=O)C1(C)CCCC1N. The van der Waals surface area contributed by atoms with Crippen LogP contribution >= 0.6 is 0 Å². The molecule has 1 rings (SSSR count). The molecule has 1 fully saturated rings. The van der Waals surface area contributed by atoms with Crippen molar-refractivity contribution in [3.63, 3.8) is 0 Å². The maximum atomic E-state index is 11.9. The van der Waals surface area contributed by atoms with Crippen LogP contribution in [0.3, 0.4) is 0 Å². The molecule has 0 aliphatic heterocycles. The topological polar surface area (TPSA) is 43.1 Å². The number of carbonyl (C=O) groups is 1. The molecule has 0 saturated heterocycles. The third-order valence-electron chi connectivity index (χ3n) is 3.39. The first-order valence-electron chi connectivity index (χ1n) is 5.33. The molecule has 14 heavy (non-hydrogen) atoms. The standard InChI is InChI=1S/C12H19NO/c1-3-4-5-8-11(14)12(2)9-6-7-10(12)13/h1,10H,4-9,13H2,2H3. The minimum atomic E-state index is -0.269. The fraction of sp³-hybridized carbons (Fsp3) is 0.750. The van der Waals surface area contributed by atoms with Crippen molar-refractivity contribution in [1.29, 1.82) is 0 Å². The third-order valence-corrected chi connectivity index (χ3v) is 3.39. The van der Waals surface area contributed by atoms with Crippen LogP contribution in [0.25, 0.3) is 0 Å². The molecule has 0 aromatic rings. The largest absolute Gasteiger partial charge is 0.327 e. The van der Waals surface area contributed by atoms with Crippen molar-refractivity contribution in [2.45, 2.75) is 51.5 Å². The number of ketones is 1. The first kappa shape index (κ1) is 11.3. The van der Waals surface area contributed by atoms with Gasteiger partial charge in [0.05, 0.1) is 0 Å². The van der Waals surface area contributed by atoms with Crippen molar-refractivity contribution in [2.24, 2.45) is 11.1 Å². The summed E-state index contributed by atoms with van der Waals surface area (Å²) >= 11 is 0. The van der Waals surface area contributed by atoms with Crippen LogP contribution in [0.5, 0.6) is 0 Å². The summed E-state index contributed by atoms with van der Waals surface area (Å²) in [6.07, 6.45) is 10.2. The number of nitrogens with two attached hydrogens (primary N) is 1. The van der Waals surface area contributed by atoms with Gasteiger partial charge in [0.25, 0.3) is 0 Å². The van der Waals surface area contributed by atoms with Crippen LogP contribution < -0.4 is 5.73 Å². The van der Waals surface area contributed by atoms with Crippen molar-refractivity contribution in [2.75, 3.05) is 0 Å². The van der Waals surface area contributed by atoms with Gasteiger partial charge in [-0.25, -0.2) is 0 Å². The maximum Gasteiger partial charge on any atom is 0.140 e. The molecular formula is C12H19NO. The van der Waals surface area contributed by atoms with Gasteiger partial charge in [0, 0.05) is 24.3 Å². The lowest BCUT2D eigenvalue weighted by Crippen LogP contribution is -2.41.